The summed E-state index contributed by atoms with van der Waals surface area (Å²) in [5, 5.41) is 9.08. The number of pyridine rings is 1. The number of nitrogens with zero attached hydrogens (tertiary/aromatic N) is 3. The van der Waals surface area contributed by atoms with Gasteiger partial charge in [-0.15, -0.1) is 0 Å². The Morgan fingerprint density at radius 1 is 1.26 bits per heavy atom. The predicted molar refractivity (Wildman–Crippen MR) is 97.4 cm³/mol. The Morgan fingerprint density at radius 3 is 2.59 bits per heavy atom. The average molecular weight is 373 g/mol. The van der Waals surface area contributed by atoms with Crippen LogP contribution in [-0.4, -0.2) is 52.9 Å². The zero-order valence-electron chi connectivity index (χ0n) is 14.9. The summed E-state index contributed by atoms with van der Waals surface area (Å²) >= 11 is 0. The number of carbonyl (C=O) groups is 1. The van der Waals surface area contributed by atoms with Crippen LogP contribution < -0.4 is 15.1 Å². The van der Waals surface area contributed by atoms with Gasteiger partial charge >= 0.3 is 6.16 Å². The lowest BCUT2D eigenvalue weighted by molar-refractivity contribution is 0.109. The number of aryl methyl sites for hydroxylation is 1. The van der Waals surface area contributed by atoms with Gasteiger partial charge in [-0.2, -0.15) is 0 Å². The van der Waals surface area contributed by atoms with Gasteiger partial charge in [-0.1, -0.05) is 0 Å². The van der Waals surface area contributed by atoms with Gasteiger partial charge in [0.1, 0.15) is 5.82 Å². The highest BCUT2D eigenvalue weighted by Crippen LogP contribution is 2.41. The molecule has 1 saturated carbocycles. The summed E-state index contributed by atoms with van der Waals surface area (Å²) in [6.07, 6.45) is 1.80. The van der Waals surface area contributed by atoms with Gasteiger partial charge in [-0.3, -0.25) is 9.69 Å². The summed E-state index contributed by atoms with van der Waals surface area (Å²) < 4.78 is 21.7. The molecule has 0 atom stereocenters. The Hall–Kier alpha value is -2.61. The molecule has 0 unspecified atom stereocenters. The van der Waals surface area contributed by atoms with Gasteiger partial charge in [0.2, 0.25) is 5.43 Å². The Bertz CT molecular complexity index is 1020. The Morgan fingerprint density at radius 2 is 2.00 bits per heavy atom. The van der Waals surface area contributed by atoms with Crippen molar-refractivity contribution in [3.8, 4) is 5.75 Å². The smallest absolute Gasteiger partial charge is 0.449 e. The van der Waals surface area contributed by atoms with Crippen molar-refractivity contribution in [1.82, 2.24) is 9.47 Å². The van der Waals surface area contributed by atoms with Crippen LogP contribution in [0.2, 0.25) is 0 Å². The molecule has 3 aliphatic heterocycles. The lowest BCUT2D eigenvalue weighted by Gasteiger charge is -2.52. The zero-order chi connectivity index (χ0) is 18.9. The number of hydrogen-bond acceptors (Lipinski definition) is 5. The minimum absolute atomic E-state index is 0.173. The first-order valence-corrected chi connectivity index (χ1v) is 9.21. The third-order valence-electron chi connectivity index (χ3n) is 5.91. The van der Waals surface area contributed by atoms with E-state index in [1.54, 1.807) is 0 Å². The maximum Gasteiger partial charge on any atom is 0.511 e. The second-order valence-corrected chi connectivity index (χ2v) is 7.66. The minimum Gasteiger partial charge on any atom is -0.449 e. The van der Waals surface area contributed by atoms with Gasteiger partial charge in [0.15, 0.2) is 5.75 Å². The predicted octanol–water partition coefficient (Wildman–Crippen LogP) is 2.34. The molecular formula is C19H20FN3O4. The monoisotopic (exact) mass is 373 g/mol. The molecule has 1 aromatic heterocycles. The Balaban J connectivity index is 1.74. The SMILES string of the molecule is Cc1c(N2CCN3CC2C3)c(F)cc2c(=O)c(OC(=O)O)cn(C3CC3)c12. The van der Waals surface area contributed by atoms with Crippen molar-refractivity contribution in [2.75, 3.05) is 31.1 Å². The van der Waals surface area contributed by atoms with Crippen LogP contribution in [0.1, 0.15) is 24.4 Å². The van der Waals surface area contributed by atoms with Crippen molar-refractivity contribution < 1.29 is 19.0 Å². The van der Waals surface area contributed by atoms with Gasteiger partial charge in [-0.05, 0) is 31.4 Å². The standard InChI is InChI=1S/C19H20FN3O4/c1-10-16-13(6-14(20)17(10)22-5-4-21-7-12(22)8-21)18(24)15(27-19(25)26)9-23(16)11-2-3-11/h6,9,11-12H,2-5,7-8H2,1H3,(H,25,26). The number of anilines is 1. The number of piperazine rings is 2. The van der Waals surface area contributed by atoms with Gasteiger partial charge in [0.05, 0.1) is 28.8 Å². The highest BCUT2D eigenvalue weighted by atomic mass is 19.1. The number of ether oxygens (including phenoxy) is 1. The lowest BCUT2D eigenvalue weighted by Crippen LogP contribution is -2.67. The molecule has 2 aromatic rings. The van der Waals surface area contributed by atoms with Gasteiger partial charge in [-0.25, -0.2) is 9.18 Å². The number of fused-ring (bicyclic) bond motifs is 3. The topological polar surface area (TPSA) is 75.0 Å². The summed E-state index contributed by atoms with van der Waals surface area (Å²) in [6, 6.07) is 1.74. The fourth-order valence-corrected chi connectivity index (χ4v) is 4.45. The first-order valence-electron chi connectivity index (χ1n) is 9.21. The highest BCUT2D eigenvalue weighted by Gasteiger charge is 2.39. The van der Waals surface area contributed by atoms with Crippen LogP contribution in [0.4, 0.5) is 14.9 Å². The molecule has 4 aliphatic rings. The molecule has 0 spiro atoms. The zero-order valence-corrected chi connectivity index (χ0v) is 14.9. The number of aromatic nitrogens is 1. The maximum absolute atomic E-state index is 15.1. The van der Waals surface area contributed by atoms with E-state index in [-0.39, 0.29) is 17.2 Å². The van der Waals surface area contributed by atoms with Gasteiger partial charge in [0.25, 0.3) is 0 Å². The van der Waals surface area contributed by atoms with E-state index in [0.29, 0.717) is 17.2 Å². The largest absolute Gasteiger partial charge is 0.511 e. The number of hydrogen-bond donors (Lipinski definition) is 1. The average Bonchev–Trinajstić information content (AvgIpc) is 3.41. The Kier molecular flexibility index (Phi) is 3.49. The number of rotatable bonds is 3. The van der Waals surface area contributed by atoms with E-state index in [4.69, 9.17) is 5.11 Å². The third kappa shape index (κ3) is 2.50. The molecule has 0 amide bonds. The van der Waals surface area contributed by atoms with Crippen LogP contribution in [0.5, 0.6) is 5.75 Å². The second-order valence-electron chi connectivity index (χ2n) is 7.66. The summed E-state index contributed by atoms with van der Waals surface area (Å²) in [5.41, 5.74) is 1.38. The van der Waals surface area contributed by atoms with E-state index < -0.39 is 17.4 Å². The highest BCUT2D eigenvalue weighted by molar-refractivity contribution is 5.89. The van der Waals surface area contributed by atoms with Crippen LogP contribution >= 0.6 is 0 Å². The van der Waals surface area contributed by atoms with Crippen LogP contribution in [0.25, 0.3) is 10.9 Å². The van der Waals surface area contributed by atoms with Crippen LogP contribution in [0.15, 0.2) is 17.1 Å². The number of halogens is 1. The molecule has 4 fully saturated rings. The fourth-order valence-electron chi connectivity index (χ4n) is 4.45. The van der Waals surface area contributed by atoms with E-state index in [1.165, 1.54) is 12.3 Å². The van der Waals surface area contributed by atoms with Gasteiger partial charge in [0, 0.05) is 32.2 Å². The molecule has 27 heavy (non-hydrogen) atoms. The summed E-state index contributed by atoms with van der Waals surface area (Å²) in [4.78, 5) is 28.1. The van der Waals surface area contributed by atoms with Crippen molar-refractivity contribution in [3.05, 3.63) is 33.9 Å². The Labute approximate surface area is 154 Å². The molecule has 2 bridgehead atoms. The summed E-state index contributed by atoms with van der Waals surface area (Å²) in [6.45, 7) is 5.41. The number of benzene rings is 1. The molecule has 6 rings (SSSR count). The molecule has 1 N–H and O–H groups in total. The first-order chi connectivity index (χ1) is 12.9. The van der Waals surface area contributed by atoms with Crippen LogP contribution in [0, 0.1) is 12.7 Å². The molecule has 1 aromatic carbocycles. The second kappa shape index (κ2) is 5.69. The molecule has 4 heterocycles. The van der Waals surface area contributed by atoms with Crippen LogP contribution in [-0.2, 0) is 0 Å². The normalized spacial score (nSPS) is 24.0. The third-order valence-corrected chi connectivity index (χ3v) is 5.91. The van der Waals surface area contributed by atoms with E-state index in [1.807, 2.05) is 11.5 Å². The van der Waals surface area contributed by atoms with Crippen molar-refractivity contribution in [2.24, 2.45) is 0 Å². The molecule has 142 valence electrons. The molecule has 7 nitrogen and oxygen atoms in total. The van der Waals surface area contributed by atoms with E-state index in [9.17, 15) is 9.59 Å². The minimum atomic E-state index is -1.55. The van der Waals surface area contributed by atoms with E-state index in [2.05, 4.69) is 14.5 Å². The fraction of sp³-hybridized carbons (Fsp3) is 0.474. The quantitative estimate of drug-likeness (QED) is 0.833. The van der Waals surface area contributed by atoms with Crippen molar-refractivity contribution in [3.63, 3.8) is 0 Å². The van der Waals surface area contributed by atoms with Crippen molar-refractivity contribution >= 4 is 22.7 Å². The molecule has 0 radical (unpaired) electrons. The van der Waals surface area contributed by atoms with Gasteiger partial charge < -0.3 is 19.3 Å². The number of carboxylic acid groups (broad SMARTS) is 1. The van der Waals surface area contributed by atoms with E-state index >= 15 is 4.39 Å². The lowest BCUT2D eigenvalue weighted by atomic mass is 9.98. The maximum atomic E-state index is 15.1. The molecule has 3 saturated heterocycles. The molecule has 1 aliphatic carbocycles. The molecular weight excluding hydrogens is 353 g/mol. The summed E-state index contributed by atoms with van der Waals surface area (Å²) in [5.74, 6) is -0.715. The van der Waals surface area contributed by atoms with Crippen LogP contribution in [0.3, 0.4) is 0 Å². The van der Waals surface area contributed by atoms with Crippen molar-refractivity contribution in [2.45, 2.75) is 31.8 Å². The van der Waals surface area contributed by atoms with Crippen molar-refractivity contribution in [1.29, 1.82) is 0 Å². The summed E-state index contributed by atoms with van der Waals surface area (Å²) in [7, 11) is 0. The van der Waals surface area contributed by atoms with E-state index in [0.717, 1.165) is 44.6 Å². The molecule has 8 heteroatoms. The first kappa shape index (κ1) is 16.6.